The van der Waals surface area contributed by atoms with E-state index < -0.39 is 0 Å². The molecule has 2 aromatic heterocycles. The third kappa shape index (κ3) is 4.16. The Kier molecular flexibility index (Phi) is 5.30. The number of fused-ring (bicyclic) bond motifs is 1. The van der Waals surface area contributed by atoms with Gasteiger partial charge < -0.3 is 19.2 Å². The zero-order valence-corrected chi connectivity index (χ0v) is 14.3. The van der Waals surface area contributed by atoms with Crippen molar-refractivity contribution >= 4 is 11.6 Å². The molecular formula is C19H21N3O3. The van der Waals surface area contributed by atoms with E-state index in [4.69, 9.17) is 9.47 Å². The number of aromatic nitrogens is 2. The summed E-state index contributed by atoms with van der Waals surface area (Å²) in [6, 6.07) is 12.9. The van der Waals surface area contributed by atoms with Crippen LogP contribution in [0.4, 0.5) is 0 Å². The van der Waals surface area contributed by atoms with Crippen molar-refractivity contribution in [2.24, 2.45) is 0 Å². The molecule has 0 radical (unpaired) electrons. The van der Waals surface area contributed by atoms with E-state index in [1.54, 1.807) is 19.2 Å². The van der Waals surface area contributed by atoms with Crippen LogP contribution in [0.25, 0.3) is 5.65 Å². The standard InChI is InChI=1S/C19H21N3O3/c1-14(12-24-2)20-19(23)16-7-3-4-8-17(16)25-13-15-11-22-10-6-5-9-18(22)21-15/h3-11,14H,12-13H2,1-2H3,(H,20,23)/t14-/m1/s1. The summed E-state index contributed by atoms with van der Waals surface area (Å²) < 4.78 is 12.8. The van der Waals surface area contributed by atoms with E-state index in [0.29, 0.717) is 24.5 Å². The summed E-state index contributed by atoms with van der Waals surface area (Å²) in [6.45, 7) is 2.64. The maximum Gasteiger partial charge on any atom is 0.255 e. The Bertz CT molecular complexity index is 827. The Morgan fingerprint density at radius 2 is 2.04 bits per heavy atom. The van der Waals surface area contributed by atoms with Crippen LogP contribution < -0.4 is 10.1 Å². The van der Waals surface area contributed by atoms with Gasteiger partial charge >= 0.3 is 0 Å². The van der Waals surface area contributed by atoms with Crippen LogP contribution in [-0.2, 0) is 11.3 Å². The second kappa shape index (κ2) is 7.81. The van der Waals surface area contributed by atoms with E-state index in [1.165, 1.54) is 0 Å². The molecule has 0 saturated carbocycles. The third-order valence-electron chi connectivity index (χ3n) is 3.72. The third-order valence-corrected chi connectivity index (χ3v) is 3.72. The molecule has 0 fully saturated rings. The van der Waals surface area contributed by atoms with Gasteiger partial charge in [0.15, 0.2) is 0 Å². The number of pyridine rings is 1. The van der Waals surface area contributed by atoms with E-state index in [-0.39, 0.29) is 11.9 Å². The molecule has 6 nitrogen and oxygen atoms in total. The first-order valence-electron chi connectivity index (χ1n) is 8.11. The number of amides is 1. The van der Waals surface area contributed by atoms with Crippen LogP contribution in [0.5, 0.6) is 5.75 Å². The average Bonchev–Trinajstić information content (AvgIpc) is 3.03. The minimum Gasteiger partial charge on any atom is -0.486 e. The molecular weight excluding hydrogens is 318 g/mol. The van der Waals surface area contributed by atoms with Crippen LogP contribution in [0.3, 0.4) is 0 Å². The zero-order valence-electron chi connectivity index (χ0n) is 14.3. The van der Waals surface area contributed by atoms with Crippen LogP contribution in [0.2, 0.25) is 0 Å². The van der Waals surface area contributed by atoms with E-state index in [2.05, 4.69) is 10.3 Å². The fraction of sp³-hybridized carbons (Fsp3) is 0.263. The van der Waals surface area contributed by atoms with Gasteiger partial charge in [-0.2, -0.15) is 0 Å². The number of imidazole rings is 1. The van der Waals surface area contributed by atoms with Gasteiger partial charge in [-0.3, -0.25) is 4.79 Å². The van der Waals surface area contributed by atoms with Crippen LogP contribution in [0.15, 0.2) is 54.9 Å². The normalized spacial score (nSPS) is 12.1. The van der Waals surface area contributed by atoms with Crippen molar-refractivity contribution in [3.05, 3.63) is 66.1 Å². The number of rotatable bonds is 7. The minimum absolute atomic E-state index is 0.0796. The average molecular weight is 339 g/mol. The summed E-state index contributed by atoms with van der Waals surface area (Å²) in [6.07, 6.45) is 3.85. The van der Waals surface area contributed by atoms with Crippen LogP contribution >= 0.6 is 0 Å². The Balaban J connectivity index is 1.71. The Morgan fingerprint density at radius 3 is 2.84 bits per heavy atom. The maximum atomic E-state index is 12.4. The number of hydrogen-bond acceptors (Lipinski definition) is 4. The molecule has 0 spiro atoms. The number of nitrogens with zero attached hydrogens (tertiary/aromatic N) is 2. The van der Waals surface area contributed by atoms with Gasteiger partial charge in [-0.15, -0.1) is 0 Å². The second-order valence-electron chi connectivity index (χ2n) is 5.81. The van der Waals surface area contributed by atoms with E-state index in [0.717, 1.165) is 11.3 Å². The lowest BCUT2D eigenvalue weighted by Gasteiger charge is -2.15. The van der Waals surface area contributed by atoms with Crippen molar-refractivity contribution in [1.29, 1.82) is 0 Å². The van der Waals surface area contributed by atoms with Gasteiger partial charge in [0, 0.05) is 25.5 Å². The number of para-hydroxylation sites is 1. The van der Waals surface area contributed by atoms with Gasteiger partial charge in [0.2, 0.25) is 0 Å². The first kappa shape index (κ1) is 17.0. The van der Waals surface area contributed by atoms with Crippen LogP contribution in [0, 0.1) is 0 Å². The molecule has 0 aliphatic heterocycles. The number of carbonyl (C=O) groups excluding carboxylic acids is 1. The predicted octanol–water partition coefficient (Wildman–Crippen LogP) is 2.68. The Morgan fingerprint density at radius 1 is 1.24 bits per heavy atom. The quantitative estimate of drug-likeness (QED) is 0.719. The molecule has 25 heavy (non-hydrogen) atoms. The van der Waals surface area contributed by atoms with E-state index in [9.17, 15) is 4.79 Å². The lowest BCUT2D eigenvalue weighted by molar-refractivity contribution is 0.0901. The summed E-state index contributed by atoms with van der Waals surface area (Å²) in [4.78, 5) is 16.9. The monoisotopic (exact) mass is 339 g/mol. The molecule has 0 saturated heterocycles. The molecule has 2 heterocycles. The van der Waals surface area contributed by atoms with Gasteiger partial charge in [-0.05, 0) is 31.2 Å². The molecule has 1 amide bonds. The molecule has 130 valence electrons. The first-order valence-corrected chi connectivity index (χ1v) is 8.11. The topological polar surface area (TPSA) is 64.9 Å². The molecule has 0 aliphatic rings. The van der Waals surface area contributed by atoms with Crippen molar-refractivity contribution in [3.8, 4) is 5.75 Å². The summed E-state index contributed by atoms with van der Waals surface area (Å²) in [7, 11) is 1.61. The van der Waals surface area contributed by atoms with E-state index >= 15 is 0 Å². The van der Waals surface area contributed by atoms with Crippen molar-refractivity contribution < 1.29 is 14.3 Å². The lowest BCUT2D eigenvalue weighted by Crippen LogP contribution is -2.35. The number of carbonyl (C=O) groups is 1. The first-order chi connectivity index (χ1) is 12.2. The number of ether oxygens (including phenoxy) is 2. The fourth-order valence-electron chi connectivity index (χ4n) is 2.58. The van der Waals surface area contributed by atoms with E-state index in [1.807, 2.05) is 54.0 Å². The van der Waals surface area contributed by atoms with Gasteiger partial charge in [0.05, 0.1) is 17.9 Å². The van der Waals surface area contributed by atoms with Crippen molar-refractivity contribution in [2.75, 3.05) is 13.7 Å². The van der Waals surface area contributed by atoms with Crippen LogP contribution in [-0.4, -0.2) is 35.1 Å². The highest BCUT2D eigenvalue weighted by Crippen LogP contribution is 2.19. The SMILES string of the molecule is COC[C@@H](C)NC(=O)c1ccccc1OCc1cn2ccccc2n1. The number of benzene rings is 1. The highest BCUT2D eigenvalue weighted by Gasteiger charge is 2.15. The minimum atomic E-state index is -0.185. The predicted molar refractivity (Wildman–Crippen MR) is 94.8 cm³/mol. The molecule has 1 N–H and O–H groups in total. The summed E-state index contributed by atoms with van der Waals surface area (Å²) in [5.74, 6) is 0.344. The highest BCUT2D eigenvalue weighted by atomic mass is 16.5. The van der Waals surface area contributed by atoms with Crippen molar-refractivity contribution in [3.63, 3.8) is 0 Å². The Labute approximate surface area is 146 Å². The molecule has 0 aliphatic carbocycles. The number of hydrogen-bond donors (Lipinski definition) is 1. The Hall–Kier alpha value is -2.86. The molecule has 1 aromatic carbocycles. The lowest BCUT2D eigenvalue weighted by atomic mass is 10.1. The van der Waals surface area contributed by atoms with Gasteiger partial charge in [-0.1, -0.05) is 18.2 Å². The van der Waals surface area contributed by atoms with Gasteiger partial charge in [0.25, 0.3) is 5.91 Å². The maximum absolute atomic E-state index is 12.4. The fourth-order valence-corrected chi connectivity index (χ4v) is 2.58. The largest absolute Gasteiger partial charge is 0.486 e. The molecule has 3 rings (SSSR count). The second-order valence-corrected chi connectivity index (χ2v) is 5.81. The summed E-state index contributed by atoms with van der Waals surface area (Å²) in [5.41, 5.74) is 2.16. The molecule has 3 aromatic rings. The molecule has 6 heteroatoms. The zero-order chi connectivity index (χ0) is 17.6. The molecule has 0 unspecified atom stereocenters. The number of nitrogens with one attached hydrogen (secondary N) is 1. The van der Waals surface area contributed by atoms with Crippen molar-refractivity contribution in [2.45, 2.75) is 19.6 Å². The molecule has 0 bridgehead atoms. The van der Waals surface area contributed by atoms with Gasteiger partial charge in [0.1, 0.15) is 18.0 Å². The summed E-state index contributed by atoms with van der Waals surface area (Å²) in [5, 5.41) is 2.89. The van der Waals surface area contributed by atoms with Gasteiger partial charge in [-0.25, -0.2) is 4.98 Å². The highest BCUT2D eigenvalue weighted by molar-refractivity contribution is 5.97. The molecule has 1 atom stereocenters. The van der Waals surface area contributed by atoms with Crippen molar-refractivity contribution in [1.82, 2.24) is 14.7 Å². The summed E-state index contributed by atoms with van der Waals surface area (Å²) >= 11 is 0. The van der Waals surface area contributed by atoms with Crippen LogP contribution in [0.1, 0.15) is 23.0 Å². The smallest absolute Gasteiger partial charge is 0.255 e. The number of methoxy groups -OCH3 is 1.